The molecule has 194 valence electrons. The van der Waals surface area contributed by atoms with E-state index in [1.54, 1.807) is 30.5 Å². The quantitative estimate of drug-likeness (QED) is 0.441. The molecule has 0 radical (unpaired) electrons. The van der Waals surface area contributed by atoms with Crippen molar-refractivity contribution in [2.75, 3.05) is 11.1 Å². The van der Waals surface area contributed by atoms with Crippen molar-refractivity contribution in [1.29, 1.82) is 0 Å². The van der Waals surface area contributed by atoms with Gasteiger partial charge in [0.2, 0.25) is 0 Å². The number of halogens is 1. The van der Waals surface area contributed by atoms with Gasteiger partial charge in [0, 0.05) is 26.8 Å². The van der Waals surface area contributed by atoms with Crippen LogP contribution >= 0.6 is 11.8 Å². The van der Waals surface area contributed by atoms with Crippen molar-refractivity contribution in [3.8, 4) is 28.3 Å². The van der Waals surface area contributed by atoms with Crippen molar-refractivity contribution in [2.45, 2.75) is 86.7 Å². The fourth-order valence-corrected chi connectivity index (χ4v) is 6.47. The molecule has 2 saturated heterocycles. The lowest BCUT2D eigenvalue weighted by Crippen LogP contribution is -2.73. The molecule has 1 saturated carbocycles. The zero-order chi connectivity index (χ0) is 28.3. The molecule has 0 unspecified atom stereocenters. The van der Waals surface area contributed by atoms with Gasteiger partial charge in [-0.1, -0.05) is 6.07 Å². The van der Waals surface area contributed by atoms with Gasteiger partial charge in [-0.05, 0) is 82.3 Å². The number of phenols is 1. The molecule has 0 amide bonds. The number of fused-ring (bicyclic) bond motifs is 2. The Morgan fingerprint density at radius 1 is 1.14 bits per heavy atom. The van der Waals surface area contributed by atoms with Gasteiger partial charge in [-0.3, -0.25) is 0 Å². The Morgan fingerprint density at radius 2 is 2.00 bits per heavy atom. The molecule has 2 bridgehead atoms. The molecular weight excluding hydrogens is 489 g/mol. The summed E-state index contributed by atoms with van der Waals surface area (Å²) in [6, 6.07) is 6.54. The summed E-state index contributed by atoms with van der Waals surface area (Å²) in [6.45, 7) is 4.20. The highest BCUT2D eigenvalue weighted by Gasteiger charge is 2.55. The standard InChI is InChI=1S/C27H32FN7OS/c1-26-9-4-10-27(2,34-26)24(28)20(13-26)35(18-6-7-18)22-15-29-25(33-31-22)19-8-5-16(11-21(19)36)17-12-23(37-3)32-30-14-17/h5,8,11-12,14-15,18,20,24,34,36H,4,6-7,9-10,13H2,1-3H3/t20-,24-,26-,27+/m0/s1/i3D3. The lowest BCUT2D eigenvalue weighted by Gasteiger charge is -2.57. The summed E-state index contributed by atoms with van der Waals surface area (Å²) < 4.78 is 38.3. The molecule has 4 atom stereocenters. The van der Waals surface area contributed by atoms with Crippen LogP contribution in [-0.2, 0) is 0 Å². The van der Waals surface area contributed by atoms with Gasteiger partial charge in [0.1, 0.15) is 16.9 Å². The van der Waals surface area contributed by atoms with Crippen LogP contribution in [0.1, 0.15) is 56.5 Å². The fraction of sp³-hybridized carbons (Fsp3) is 0.519. The minimum absolute atomic E-state index is 0.0520. The maximum atomic E-state index is 16.0. The van der Waals surface area contributed by atoms with Gasteiger partial charge in [-0.15, -0.1) is 27.1 Å². The van der Waals surface area contributed by atoms with E-state index in [1.807, 2.05) is 6.92 Å². The molecule has 2 aromatic heterocycles. The third kappa shape index (κ3) is 4.54. The van der Waals surface area contributed by atoms with Gasteiger partial charge in [-0.2, -0.15) is 5.10 Å². The van der Waals surface area contributed by atoms with Crippen LogP contribution in [0.25, 0.3) is 22.5 Å². The molecular formula is C27H32FN7OS. The zero-order valence-electron chi connectivity index (χ0n) is 23.9. The third-order valence-corrected chi connectivity index (χ3v) is 8.45. The van der Waals surface area contributed by atoms with Crippen molar-refractivity contribution < 1.29 is 13.6 Å². The Labute approximate surface area is 224 Å². The second-order valence-electron chi connectivity index (χ2n) is 11.0. The van der Waals surface area contributed by atoms with Crippen LogP contribution < -0.4 is 10.2 Å². The van der Waals surface area contributed by atoms with Crippen molar-refractivity contribution in [1.82, 2.24) is 30.7 Å². The normalized spacial score (nSPS) is 30.7. The number of rotatable bonds is 6. The number of aromatic hydroxyl groups is 1. The molecule has 6 rings (SSSR count). The number of aromatic nitrogens is 5. The summed E-state index contributed by atoms with van der Waals surface area (Å²) in [5.74, 6) is 0.765. The van der Waals surface area contributed by atoms with E-state index < -0.39 is 17.9 Å². The number of piperidine rings is 2. The van der Waals surface area contributed by atoms with Gasteiger partial charge < -0.3 is 15.3 Å². The van der Waals surface area contributed by atoms with E-state index >= 15 is 4.39 Å². The van der Waals surface area contributed by atoms with Gasteiger partial charge in [0.05, 0.1) is 24.0 Å². The number of hydrogen-bond acceptors (Lipinski definition) is 9. The van der Waals surface area contributed by atoms with E-state index in [2.05, 4.69) is 42.5 Å². The molecule has 10 heteroatoms. The molecule has 1 aliphatic carbocycles. The molecule has 1 aromatic carbocycles. The first-order valence-corrected chi connectivity index (χ1v) is 13.5. The smallest absolute Gasteiger partial charge is 0.185 e. The molecule has 3 aliphatic rings. The summed E-state index contributed by atoms with van der Waals surface area (Å²) in [5.41, 5.74) is 0.986. The van der Waals surface area contributed by atoms with E-state index in [9.17, 15) is 5.11 Å². The Balaban J connectivity index is 1.25. The zero-order valence-corrected chi connectivity index (χ0v) is 21.7. The van der Waals surface area contributed by atoms with Crippen molar-refractivity contribution in [3.63, 3.8) is 0 Å². The highest BCUT2D eigenvalue weighted by atomic mass is 32.2. The third-order valence-electron chi connectivity index (χ3n) is 8.04. The fourth-order valence-electron chi connectivity index (χ4n) is 6.20. The summed E-state index contributed by atoms with van der Waals surface area (Å²) in [5, 5.41) is 31.3. The van der Waals surface area contributed by atoms with Gasteiger partial charge >= 0.3 is 0 Å². The molecule has 3 aromatic rings. The second-order valence-corrected chi connectivity index (χ2v) is 11.6. The number of thioether (sulfide) groups is 1. The van der Waals surface area contributed by atoms with Crippen molar-refractivity contribution in [3.05, 3.63) is 36.7 Å². The molecule has 0 spiro atoms. The van der Waals surface area contributed by atoms with Gasteiger partial charge in [0.25, 0.3) is 0 Å². The van der Waals surface area contributed by atoms with Crippen LogP contribution in [0.15, 0.2) is 41.7 Å². The van der Waals surface area contributed by atoms with Crippen molar-refractivity contribution >= 4 is 17.6 Å². The maximum absolute atomic E-state index is 16.0. The monoisotopic (exact) mass is 524 g/mol. The number of anilines is 1. The SMILES string of the molecule is [2H]C([2H])([2H])Sc1cc(-c2ccc(-c3ncc(N(C4CC4)[C@H]4C[C@]5(C)CCC[C@@](C)(N5)[C@H]4F)nn3)c(O)c2)cnn1. The first-order chi connectivity index (χ1) is 18.9. The molecule has 2 aliphatic heterocycles. The maximum Gasteiger partial charge on any atom is 0.185 e. The minimum Gasteiger partial charge on any atom is -0.507 e. The number of hydrogen-bond donors (Lipinski definition) is 2. The second kappa shape index (κ2) is 9.16. The highest BCUT2D eigenvalue weighted by Crippen LogP contribution is 2.46. The van der Waals surface area contributed by atoms with Crippen LogP contribution in [0, 0.1) is 0 Å². The van der Waals surface area contributed by atoms with E-state index in [0.717, 1.165) is 32.1 Å². The first-order valence-electron chi connectivity index (χ1n) is 14.2. The minimum atomic E-state index is -2.24. The lowest BCUT2D eigenvalue weighted by molar-refractivity contribution is 0.000258. The van der Waals surface area contributed by atoms with E-state index in [-0.39, 0.29) is 34.2 Å². The Hall–Kier alpha value is -2.85. The molecule has 37 heavy (non-hydrogen) atoms. The highest BCUT2D eigenvalue weighted by molar-refractivity contribution is 7.98. The number of alkyl halides is 1. The lowest BCUT2D eigenvalue weighted by atomic mass is 9.68. The molecule has 8 nitrogen and oxygen atoms in total. The van der Waals surface area contributed by atoms with Gasteiger partial charge in [-0.25, -0.2) is 9.37 Å². The van der Waals surface area contributed by atoms with Crippen LogP contribution in [0.5, 0.6) is 5.75 Å². The number of benzene rings is 1. The predicted octanol–water partition coefficient (Wildman–Crippen LogP) is 4.79. The van der Waals surface area contributed by atoms with E-state index in [0.29, 0.717) is 40.7 Å². The summed E-state index contributed by atoms with van der Waals surface area (Å²) in [7, 11) is 0. The van der Waals surface area contributed by atoms with E-state index in [1.165, 1.54) is 6.20 Å². The number of phenolic OH excluding ortho intramolecular Hbond substituents is 1. The average Bonchev–Trinajstić information content (AvgIpc) is 3.72. The number of nitrogens with zero attached hydrogens (tertiary/aromatic N) is 6. The topological polar surface area (TPSA) is 100.0 Å². The van der Waals surface area contributed by atoms with Crippen LogP contribution in [0.4, 0.5) is 10.2 Å². The van der Waals surface area contributed by atoms with E-state index in [4.69, 9.17) is 4.11 Å². The molecule has 2 N–H and O–H groups in total. The van der Waals surface area contributed by atoms with Crippen molar-refractivity contribution in [2.24, 2.45) is 0 Å². The van der Waals surface area contributed by atoms with Crippen LogP contribution in [0.2, 0.25) is 0 Å². The van der Waals surface area contributed by atoms with Gasteiger partial charge in [0.15, 0.2) is 11.6 Å². The summed E-state index contributed by atoms with van der Waals surface area (Å²) >= 11 is 0.643. The average molecular weight is 525 g/mol. The summed E-state index contributed by atoms with van der Waals surface area (Å²) in [6.07, 6.45) is 5.40. The first kappa shape index (κ1) is 21.1. The molecule has 3 fully saturated rings. The Kier molecular flexibility index (Phi) is 5.23. The van der Waals surface area contributed by atoms with Crippen LogP contribution in [0.3, 0.4) is 0 Å². The summed E-state index contributed by atoms with van der Waals surface area (Å²) in [4.78, 5) is 6.63. The van der Waals surface area contributed by atoms with Crippen LogP contribution in [-0.4, -0.2) is 66.0 Å². The Bertz CT molecular complexity index is 1410. The number of nitrogens with one attached hydrogen (secondary N) is 1. The largest absolute Gasteiger partial charge is 0.507 e. The Morgan fingerprint density at radius 3 is 2.73 bits per heavy atom. The predicted molar refractivity (Wildman–Crippen MR) is 142 cm³/mol. The molecule has 4 heterocycles.